The number of ether oxygens (including phenoxy) is 2. The smallest absolute Gasteiger partial charge is 0.313 e. The summed E-state index contributed by atoms with van der Waals surface area (Å²) in [5.74, 6) is -0.155. The van der Waals surface area contributed by atoms with Gasteiger partial charge in [0, 0.05) is 34.6 Å². The van der Waals surface area contributed by atoms with Gasteiger partial charge in [-0.25, -0.2) is 4.98 Å². The van der Waals surface area contributed by atoms with E-state index < -0.39 is 22.8 Å². The Kier molecular flexibility index (Phi) is 7.93. The summed E-state index contributed by atoms with van der Waals surface area (Å²) >= 11 is 9.83. The van der Waals surface area contributed by atoms with Gasteiger partial charge in [0.25, 0.3) is 11.5 Å². The van der Waals surface area contributed by atoms with Crippen molar-refractivity contribution < 1.29 is 23.6 Å². The second kappa shape index (κ2) is 12.0. The van der Waals surface area contributed by atoms with Crippen molar-refractivity contribution >= 4 is 67.2 Å². The van der Waals surface area contributed by atoms with E-state index in [0.29, 0.717) is 48.5 Å². The lowest BCUT2D eigenvalue weighted by molar-refractivity contribution is -0.385. The number of fused-ring (bicyclic) bond motifs is 2. The Morgan fingerprint density at radius 2 is 1.95 bits per heavy atom. The number of carbonyl (C=O) groups excluding carboxylic acids is 1. The molecule has 1 aliphatic heterocycles. The summed E-state index contributed by atoms with van der Waals surface area (Å²) in [5, 5.41) is 17.3. The summed E-state index contributed by atoms with van der Waals surface area (Å²) in [6.07, 6.45) is 1.25. The molecule has 0 aliphatic carbocycles. The number of nitro benzene ring substituents is 1. The molecule has 12 nitrogen and oxygen atoms in total. The zero-order valence-electron chi connectivity index (χ0n) is 22.2. The average molecular weight is 667 g/mol. The maximum Gasteiger partial charge on any atom is 0.313 e. The zero-order valence-corrected chi connectivity index (χ0v) is 24.6. The van der Waals surface area contributed by atoms with Crippen LogP contribution < -0.4 is 10.3 Å². The molecule has 0 bridgehead atoms. The molecule has 43 heavy (non-hydrogen) atoms. The Bertz CT molecular complexity index is 1980. The van der Waals surface area contributed by atoms with Gasteiger partial charge in [0.05, 0.1) is 40.3 Å². The molecule has 2 aromatic heterocycles. The van der Waals surface area contributed by atoms with E-state index in [1.807, 2.05) is 12.1 Å². The average Bonchev–Trinajstić information content (AvgIpc) is 3.43. The molecule has 0 radical (unpaired) electrons. The first-order valence-corrected chi connectivity index (χ1v) is 14.2. The summed E-state index contributed by atoms with van der Waals surface area (Å²) in [4.78, 5) is 43.5. The molecule has 1 aliphatic rings. The number of amides is 1. The van der Waals surface area contributed by atoms with Crippen molar-refractivity contribution in [3.8, 4) is 17.3 Å². The number of hydrogen-bond acceptors (Lipinski definition) is 9. The number of furan rings is 1. The lowest BCUT2D eigenvalue weighted by Gasteiger charge is -2.26. The maximum atomic E-state index is 13.6. The van der Waals surface area contributed by atoms with E-state index in [1.165, 1.54) is 18.3 Å². The van der Waals surface area contributed by atoms with Crippen molar-refractivity contribution in [2.75, 3.05) is 32.9 Å². The van der Waals surface area contributed by atoms with Crippen LogP contribution in [0, 0.1) is 10.1 Å². The van der Waals surface area contributed by atoms with Gasteiger partial charge in [-0.15, -0.1) is 0 Å². The number of benzene rings is 3. The van der Waals surface area contributed by atoms with Crippen molar-refractivity contribution in [2.45, 2.75) is 0 Å². The van der Waals surface area contributed by atoms with Crippen LogP contribution in [-0.4, -0.2) is 64.5 Å². The highest BCUT2D eigenvalue weighted by Crippen LogP contribution is 2.36. The van der Waals surface area contributed by atoms with Crippen molar-refractivity contribution in [1.82, 2.24) is 14.6 Å². The van der Waals surface area contributed by atoms with E-state index in [0.717, 1.165) is 14.5 Å². The third-order valence-electron chi connectivity index (χ3n) is 6.72. The van der Waals surface area contributed by atoms with Crippen LogP contribution in [0.4, 0.5) is 5.69 Å². The molecule has 0 N–H and O–H groups in total. The molecule has 1 saturated heterocycles. The van der Waals surface area contributed by atoms with Gasteiger partial charge in [-0.05, 0) is 42.5 Å². The minimum atomic E-state index is -0.667. The Balaban J connectivity index is 1.37. The first kappa shape index (κ1) is 28.5. The number of morpholine rings is 1. The molecular formula is C29H21BrClN5O7. The quantitative estimate of drug-likeness (QED) is 0.130. The van der Waals surface area contributed by atoms with Gasteiger partial charge in [-0.2, -0.15) is 9.78 Å². The molecule has 3 aromatic carbocycles. The number of carbonyl (C=O) groups is 1. The number of nitrogens with zero attached hydrogens (tertiary/aromatic N) is 5. The predicted molar refractivity (Wildman–Crippen MR) is 163 cm³/mol. The molecular weight excluding hydrogens is 646 g/mol. The lowest BCUT2D eigenvalue weighted by atomic mass is 10.2. The Morgan fingerprint density at radius 1 is 1.16 bits per heavy atom. The Labute approximate surface area is 256 Å². The Morgan fingerprint density at radius 3 is 2.74 bits per heavy atom. The molecule has 14 heteroatoms. The molecule has 0 saturated carbocycles. The largest absolute Gasteiger partial charge is 0.476 e. The van der Waals surface area contributed by atoms with Gasteiger partial charge >= 0.3 is 5.69 Å². The second-order valence-electron chi connectivity index (χ2n) is 9.50. The van der Waals surface area contributed by atoms with E-state index in [9.17, 15) is 19.7 Å². The number of nitro groups is 1. The highest BCUT2D eigenvalue weighted by atomic mass is 79.9. The molecule has 1 fully saturated rings. The van der Waals surface area contributed by atoms with E-state index in [1.54, 1.807) is 41.3 Å². The van der Waals surface area contributed by atoms with Crippen LogP contribution in [0.1, 0.15) is 5.56 Å². The SMILES string of the molecule is O=C(COc1c(Cl)cc(C=Nn2c(-c3cc4cc(Br)ccc4o3)nc3ccccc3c2=O)cc1[N+](=O)[O-])N1CCOCC1. The minimum absolute atomic E-state index is 0.0995. The summed E-state index contributed by atoms with van der Waals surface area (Å²) in [7, 11) is 0. The Hall–Kier alpha value is -4.59. The molecule has 218 valence electrons. The maximum absolute atomic E-state index is 13.6. The van der Waals surface area contributed by atoms with Crippen LogP contribution in [0.25, 0.3) is 33.5 Å². The monoisotopic (exact) mass is 665 g/mol. The van der Waals surface area contributed by atoms with Crippen LogP contribution in [0.3, 0.4) is 0 Å². The van der Waals surface area contributed by atoms with Gasteiger partial charge in [0.1, 0.15) is 5.58 Å². The predicted octanol–water partition coefficient (Wildman–Crippen LogP) is 5.25. The van der Waals surface area contributed by atoms with Crippen molar-refractivity contribution in [3.63, 3.8) is 0 Å². The number of rotatable bonds is 7. The molecule has 5 aromatic rings. The fourth-order valence-corrected chi connectivity index (χ4v) is 5.29. The van der Waals surface area contributed by atoms with Crippen molar-refractivity contribution in [1.29, 1.82) is 0 Å². The molecule has 0 unspecified atom stereocenters. The van der Waals surface area contributed by atoms with Gasteiger partial charge in [0.15, 0.2) is 12.4 Å². The first-order valence-electron chi connectivity index (χ1n) is 13.0. The van der Waals surface area contributed by atoms with Crippen molar-refractivity contribution in [3.05, 3.63) is 96.2 Å². The van der Waals surface area contributed by atoms with Crippen LogP contribution in [0.2, 0.25) is 5.02 Å². The number of aromatic nitrogens is 2. The highest BCUT2D eigenvalue weighted by molar-refractivity contribution is 9.10. The third-order valence-corrected chi connectivity index (χ3v) is 7.50. The molecule has 1 amide bonds. The fraction of sp³-hybridized carbons (Fsp3) is 0.172. The standard InChI is InChI=1S/C29H21BrClN5O7/c30-19-5-6-24-18(13-19)14-25(43-24)28-33-22-4-2-1-3-20(22)29(38)35(28)32-15-17-11-21(31)27(23(12-17)36(39)40)42-16-26(37)34-7-9-41-10-8-34/h1-6,11-15H,7-10,16H2. The molecule has 0 atom stereocenters. The second-order valence-corrected chi connectivity index (χ2v) is 10.8. The van der Waals surface area contributed by atoms with Gasteiger partial charge < -0.3 is 18.8 Å². The normalized spacial score (nSPS) is 13.7. The van der Waals surface area contributed by atoms with Crippen LogP contribution in [-0.2, 0) is 9.53 Å². The van der Waals surface area contributed by atoms with Crippen LogP contribution in [0.5, 0.6) is 5.75 Å². The number of hydrogen-bond donors (Lipinski definition) is 0. The highest BCUT2D eigenvalue weighted by Gasteiger charge is 2.24. The molecule has 0 spiro atoms. The molecule has 6 rings (SSSR count). The summed E-state index contributed by atoms with van der Waals surface area (Å²) in [6, 6.07) is 16.6. The fourth-order valence-electron chi connectivity index (χ4n) is 4.63. The number of para-hydroxylation sites is 1. The van der Waals surface area contributed by atoms with Crippen LogP contribution in [0.15, 0.2) is 79.4 Å². The van der Waals surface area contributed by atoms with E-state index in [2.05, 4.69) is 26.0 Å². The topological polar surface area (TPSA) is 142 Å². The lowest BCUT2D eigenvalue weighted by Crippen LogP contribution is -2.43. The van der Waals surface area contributed by atoms with Gasteiger partial charge in [0.2, 0.25) is 11.6 Å². The van der Waals surface area contributed by atoms with Gasteiger partial charge in [-0.3, -0.25) is 19.7 Å². The first-order chi connectivity index (χ1) is 20.8. The van der Waals surface area contributed by atoms with E-state index in [-0.39, 0.29) is 28.1 Å². The summed E-state index contributed by atoms with van der Waals surface area (Å²) in [6.45, 7) is 1.20. The minimum Gasteiger partial charge on any atom is -0.476 e. The third kappa shape index (κ3) is 5.87. The van der Waals surface area contributed by atoms with E-state index >= 15 is 0 Å². The van der Waals surface area contributed by atoms with Crippen molar-refractivity contribution in [2.24, 2.45) is 5.10 Å². The summed E-state index contributed by atoms with van der Waals surface area (Å²) in [5.41, 5.74) is 0.309. The van der Waals surface area contributed by atoms with E-state index in [4.69, 9.17) is 25.5 Å². The van der Waals surface area contributed by atoms with Crippen LogP contribution >= 0.6 is 27.5 Å². The number of halogens is 2. The zero-order chi connectivity index (χ0) is 30.1. The van der Waals surface area contributed by atoms with Gasteiger partial charge in [-0.1, -0.05) is 39.7 Å². The molecule has 3 heterocycles. The summed E-state index contributed by atoms with van der Waals surface area (Å²) < 4.78 is 18.7.